The average Bonchev–Trinajstić information content (AvgIpc) is 3.26. The third-order valence-electron chi connectivity index (χ3n) is 4.79. The Hall–Kier alpha value is -2.60. The molecule has 0 unspecified atom stereocenters. The van der Waals surface area contributed by atoms with E-state index in [1.165, 1.54) is 5.56 Å². The molecule has 0 bridgehead atoms. The number of carbonyl (C=O) groups excluding carboxylic acids is 2. The summed E-state index contributed by atoms with van der Waals surface area (Å²) < 4.78 is 5.86. The molecule has 0 saturated carbocycles. The summed E-state index contributed by atoms with van der Waals surface area (Å²) in [4.78, 5) is 26.1. The summed E-state index contributed by atoms with van der Waals surface area (Å²) in [6.45, 7) is 2.46. The molecule has 138 valence electrons. The molecule has 2 atom stereocenters. The van der Waals surface area contributed by atoms with Crippen LogP contribution in [0.5, 0.6) is 0 Å². The third kappa shape index (κ3) is 3.96. The van der Waals surface area contributed by atoms with Gasteiger partial charge >= 0.3 is 0 Å². The molecule has 0 spiro atoms. The van der Waals surface area contributed by atoms with Gasteiger partial charge in [-0.3, -0.25) is 9.59 Å². The smallest absolute Gasteiger partial charge is 0.242 e. The van der Waals surface area contributed by atoms with Gasteiger partial charge in [0.05, 0.1) is 0 Å². The highest BCUT2D eigenvalue weighted by atomic mass is 16.3. The van der Waals surface area contributed by atoms with E-state index >= 15 is 0 Å². The average molecular weight is 355 g/mol. The van der Waals surface area contributed by atoms with Crippen molar-refractivity contribution in [2.24, 2.45) is 5.73 Å². The molecule has 0 aliphatic carbocycles. The van der Waals surface area contributed by atoms with Crippen molar-refractivity contribution >= 4 is 11.8 Å². The van der Waals surface area contributed by atoms with Gasteiger partial charge in [-0.25, -0.2) is 0 Å². The first-order chi connectivity index (χ1) is 12.5. The number of rotatable bonds is 5. The number of nitrogens with one attached hydrogen (secondary N) is 1. The van der Waals surface area contributed by atoms with Gasteiger partial charge in [-0.05, 0) is 25.5 Å². The SMILES string of the molecule is CNC(=O)[C@@H]1C[C@H](N)CN1C(=O)CCc1ccc(-c2ccc(C)cc2)o1. The van der Waals surface area contributed by atoms with Crippen molar-refractivity contribution in [1.29, 1.82) is 0 Å². The summed E-state index contributed by atoms with van der Waals surface area (Å²) in [7, 11) is 1.57. The van der Waals surface area contributed by atoms with E-state index in [0.29, 0.717) is 25.8 Å². The van der Waals surface area contributed by atoms with Gasteiger partial charge < -0.3 is 20.4 Å². The van der Waals surface area contributed by atoms with Crippen molar-refractivity contribution < 1.29 is 14.0 Å². The van der Waals surface area contributed by atoms with Crippen LogP contribution in [-0.4, -0.2) is 42.4 Å². The Labute approximate surface area is 153 Å². The number of furan rings is 1. The minimum Gasteiger partial charge on any atom is -0.461 e. The normalized spacial score (nSPS) is 19.6. The standard InChI is InChI=1S/C20H25N3O3/c1-13-3-5-14(6-4-13)18-9-7-16(26-18)8-10-19(24)23-12-15(21)11-17(23)20(25)22-2/h3-7,9,15,17H,8,10-12,21H2,1-2H3,(H,22,25)/t15-,17-/m0/s1. The van der Waals surface area contributed by atoms with Gasteiger partial charge in [0.25, 0.3) is 0 Å². The number of likely N-dealkylation sites (N-methyl/N-ethyl adjacent to an activating group) is 1. The number of hydrogen-bond donors (Lipinski definition) is 2. The topological polar surface area (TPSA) is 88.6 Å². The van der Waals surface area contributed by atoms with E-state index in [9.17, 15) is 9.59 Å². The van der Waals surface area contributed by atoms with E-state index < -0.39 is 6.04 Å². The minimum absolute atomic E-state index is 0.0696. The second kappa shape index (κ2) is 7.74. The predicted molar refractivity (Wildman–Crippen MR) is 99.4 cm³/mol. The summed E-state index contributed by atoms with van der Waals surface area (Å²) in [6.07, 6.45) is 1.29. The molecule has 3 N–H and O–H groups in total. The Morgan fingerprint density at radius 1 is 1.23 bits per heavy atom. The van der Waals surface area contributed by atoms with Crippen LogP contribution in [0, 0.1) is 6.92 Å². The van der Waals surface area contributed by atoms with Crippen LogP contribution in [0.15, 0.2) is 40.8 Å². The highest BCUT2D eigenvalue weighted by Gasteiger charge is 2.37. The van der Waals surface area contributed by atoms with Crippen LogP contribution in [0.1, 0.15) is 24.2 Å². The number of carbonyl (C=O) groups is 2. The van der Waals surface area contributed by atoms with Gasteiger partial charge in [-0.2, -0.15) is 0 Å². The van der Waals surface area contributed by atoms with Crippen LogP contribution in [0.25, 0.3) is 11.3 Å². The number of nitrogens with zero attached hydrogens (tertiary/aromatic N) is 1. The lowest BCUT2D eigenvalue weighted by Gasteiger charge is -2.23. The summed E-state index contributed by atoms with van der Waals surface area (Å²) >= 11 is 0. The zero-order chi connectivity index (χ0) is 18.7. The van der Waals surface area contributed by atoms with E-state index in [4.69, 9.17) is 10.2 Å². The van der Waals surface area contributed by atoms with Gasteiger partial charge in [-0.15, -0.1) is 0 Å². The van der Waals surface area contributed by atoms with E-state index in [1.807, 2.05) is 43.3 Å². The summed E-state index contributed by atoms with van der Waals surface area (Å²) in [5, 5.41) is 2.60. The minimum atomic E-state index is -0.470. The van der Waals surface area contributed by atoms with Crippen molar-refractivity contribution in [2.75, 3.05) is 13.6 Å². The molecular formula is C20H25N3O3. The van der Waals surface area contributed by atoms with Gasteiger partial charge in [0.15, 0.2) is 0 Å². The Morgan fingerprint density at radius 2 is 1.96 bits per heavy atom. The maximum absolute atomic E-state index is 12.6. The molecule has 6 heteroatoms. The molecular weight excluding hydrogens is 330 g/mol. The molecule has 26 heavy (non-hydrogen) atoms. The lowest BCUT2D eigenvalue weighted by atomic mass is 10.1. The zero-order valence-electron chi connectivity index (χ0n) is 15.2. The number of aryl methyl sites for hydroxylation is 2. The number of nitrogens with two attached hydrogens (primary N) is 1. The van der Waals surface area contributed by atoms with Crippen molar-refractivity contribution in [2.45, 2.75) is 38.3 Å². The van der Waals surface area contributed by atoms with Crippen LogP contribution < -0.4 is 11.1 Å². The summed E-state index contributed by atoms with van der Waals surface area (Å²) in [5.41, 5.74) is 8.15. The van der Waals surface area contributed by atoms with Gasteiger partial charge in [0.2, 0.25) is 11.8 Å². The molecule has 6 nitrogen and oxygen atoms in total. The second-order valence-corrected chi connectivity index (χ2v) is 6.80. The first kappa shape index (κ1) is 18.2. The van der Waals surface area contributed by atoms with Crippen molar-refractivity contribution in [3.8, 4) is 11.3 Å². The maximum atomic E-state index is 12.6. The fraction of sp³-hybridized carbons (Fsp3) is 0.400. The Balaban J connectivity index is 1.61. The van der Waals surface area contributed by atoms with E-state index in [0.717, 1.165) is 17.1 Å². The molecule has 1 saturated heterocycles. The molecule has 0 radical (unpaired) electrons. The highest BCUT2D eigenvalue weighted by Crippen LogP contribution is 2.24. The van der Waals surface area contributed by atoms with Crippen LogP contribution in [-0.2, 0) is 16.0 Å². The fourth-order valence-electron chi connectivity index (χ4n) is 3.32. The van der Waals surface area contributed by atoms with Crippen LogP contribution in [0.4, 0.5) is 0 Å². The monoisotopic (exact) mass is 355 g/mol. The Morgan fingerprint density at radius 3 is 2.65 bits per heavy atom. The molecule has 1 aromatic carbocycles. The van der Waals surface area contributed by atoms with Crippen molar-refractivity contribution in [1.82, 2.24) is 10.2 Å². The first-order valence-corrected chi connectivity index (χ1v) is 8.90. The van der Waals surface area contributed by atoms with Crippen molar-refractivity contribution in [3.63, 3.8) is 0 Å². The Kier molecular flexibility index (Phi) is 5.42. The molecule has 1 aliphatic rings. The fourth-order valence-corrected chi connectivity index (χ4v) is 3.32. The van der Waals surface area contributed by atoms with E-state index in [2.05, 4.69) is 5.32 Å². The zero-order valence-corrected chi connectivity index (χ0v) is 15.2. The molecule has 2 heterocycles. The largest absolute Gasteiger partial charge is 0.461 e. The van der Waals surface area contributed by atoms with E-state index in [1.54, 1.807) is 11.9 Å². The lowest BCUT2D eigenvalue weighted by molar-refractivity contribution is -0.138. The van der Waals surface area contributed by atoms with Gasteiger partial charge in [-0.1, -0.05) is 29.8 Å². The van der Waals surface area contributed by atoms with Crippen LogP contribution >= 0.6 is 0 Å². The maximum Gasteiger partial charge on any atom is 0.242 e. The molecule has 1 fully saturated rings. The quantitative estimate of drug-likeness (QED) is 0.857. The number of likely N-dealkylation sites (tertiary alicyclic amines) is 1. The number of benzene rings is 1. The van der Waals surface area contributed by atoms with Crippen LogP contribution in [0.3, 0.4) is 0 Å². The highest BCUT2D eigenvalue weighted by molar-refractivity contribution is 5.88. The molecule has 3 rings (SSSR count). The Bertz CT molecular complexity index is 782. The third-order valence-corrected chi connectivity index (χ3v) is 4.79. The first-order valence-electron chi connectivity index (χ1n) is 8.90. The molecule has 1 aromatic heterocycles. The summed E-state index contributed by atoms with van der Waals surface area (Å²) in [6, 6.07) is 11.3. The molecule has 2 aromatic rings. The van der Waals surface area contributed by atoms with Crippen molar-refractivity contribution in [3.05, 3.63) is 47.7 Å². The second-order valence-electron chi connectivity index (χ2n) is 6.80. The van der Waals surface area contributed by atoms with Crippen LogP contribution in [0.2, 0.25) is 0 Å². The van der Waals surface area contributed by atoms with E-state index in [-0.39, 0.29) is 17.9 Å². The number of amides is 2. The van der Waals surface area contributed by atoms with Gasteiger partial charge in [0, 0.05) is 38.0 Å². The lowest BCUT2D eigenvalue weighted by Crippen LogP contribution is -2.45. The molecule has 1 aliphatic heterocycles. The van der Waals surface area contributed by atoms with Gasteiger partial charge in [0.1, 0.15) is 17.6 Å². The number of hydrogen-bond acceptors (Lipinski definition) is 4. The predicted octanol–water partition coefficient (Wildman–Crippen LogP) is 1.86. The summed E-state index contributed by atoms with van der Waals surface area (Å²) in [5.74, 6) is 1.32. The molecule has 2 amide bonds.